The number of aryl methyl sites for hydroxylation is 1. The van der Waals surface area contributed by atoms with Crippen LogP contribution in [0.3, 0.4) is 0 Å². The Kier molecular flexibility index (Phi) is 4.53. The van der Waals surface area contributed by atoms with Crippen molar-refractivity contribution in [3.63, 3.8) is 0 Å². The van der Waals surface area contributed by atoms with Crippen molar-refractivity contribution in [3.05, 3.63) is 56.7 Å². The van der Waals surface area contributed by atoms with Crippen LogP contribution in [0.2, 0.25) is 5.02 Å². The Morgan fingerprint density at radius 3 is 2.72 bits per heavy atom. The number of ether oxygens (including phenoxy) is 1. The zero-order valence-electron chi connectivity index (χ0n) is 9.98. The lowest BCUT2D eigenvalue weighted by Gasteiger charge is -2.04. The third-order valence-electron chi connectivity index (χ3n) is 2.46. The third kappa shape index (κ3) is 3.42. The van der Waals surface area contributed by atoms with Gasteiger partial charge in [-0.1, -0.05) is 29.8 Å². The minimum absolute atomic E-state index is 0.0140. The van der Waals surface area contributed by atoms with E-state index in [1.807, 2.05) is 43.3 Å². The highest BCUT2D eigenvalue weighted by atomic mass is 35.5. The Morgan fingerprint density at radius 1 is 1.28 bits per heavy atom. The van der Waals surface area contributed by atoms with Gasteiger partial charge in [0, 0.05) is 9.90 Å². The molecular weight excluding hydrogens is 268 g/mol. The molecule has 0 atom stereocenters. The molecule has 94 valence electrons. The lowest BCUT2D eigenvalue weighted by Crippen LogP contribution is -2.07. The zero-order valence-corrected chi connectivity index (χ0v) is 11.6. The molecule has 0 aliphatic heterocycles. The monoisotopic (exact) mass is 280 g/mol. The molecule has 0 N–H and O–H groups in total. The Bertz CT molecular complexity index is 548. The average Bonchev–Trinajstić information content (AvgIpc) is 2.78. The number of thiophene rings is 1. The minimum atomic E-state index is 0.0140. The maximum atomic E-state index is 11.8. The molecule has 1 aromatic heterocycles. The van der Waals surface area contributed by atoms with Crippen molar-refractivity contribution in [2.75, 3.05) is 6.61 Å². The topological polar surface area (TPSA) is 26.3 Å². The second-order valence-corrected chi connectivity index (χ2v) is 5.61. The fourth-order valence-corrected chi connectivity index (χ4v) is 2.51. The summed E-state index contributed by atoms with van der Waals surface area (Å²) in [5, 5.41) is 0.664. The predicted octanol–water partition coefficient (Wildman–Crippen LogP) is 4.11. The first-order valence-electron chi connectivity index (χ1n) is 5.57. The first-order valence-corrected chi connectivity index (χ1v) is 6.77. The van der Waals surface area contributed by atoms with Crippen LogP contribution in [0.5, 0.6) is 0 Å². The van der Waals surface area contributed by atoms with Crippen LogP contribution in [0.1, 0.15) is 20.1 Å². The van der Waals surface area contributed by atoms with Gasteiger partial charge in [0.1, 0.15) is 6.61 Å². The molecule has 2 aromatic rings. The largest absolute Gasteiger partial charge is 0.369 e. The molecule has 18 heavy (non-hydrogen) atoms. The molecule has 1 heterocycles. The SMILES string of the molecule is Cc1ccc(C(=O)COCc2ccccc2Cl)s1. The van der Waals surface area contributed by atoms with E-state index in [9.17, 15) is 4.79 Å². The van der Waals surface area contributed by atoms with E-state index >= 15 is 0 Å². The number of Topliss-reactive ketones (excluding diaryl/α,β-unsaturated/α-hetero) is 1. The highest BCUT2D eigenvalue weighted by Crippen LogP contribution is 2.17. The number of hydrogen-bond acceptors (Lipinski definition) is 3. The molecule has 4 heteroatoms. The first-order chi connectivity index (χ1) is 8.66. The van der Waals surface area contributed by atoms with Crippen molar-refractivity contribution in [1.82, 2.24) is 0 Å². The number of carbonyl (C=O) groups excluding carboxylic acids is 1. The second-order valence-electron chi connectivity index (χ2n) is 3.92. The highest BCUT2D eigenvalue weighted by Gasteiger charge is 2.08. The Hall–Kier alpha value is -1.16. The number of ketones is 1. The molecule has 0 aliphatic rings. The second kappa shape index (κ2) is 6.14. The Morgan fingerprint density at radius 2 is 2.06 bits per heavy atom. The summed E-state index contributed by atoms with van der Waals surface area (Å²) in [5.74, 6) is 0.0140. The van der Waals surface area contributed by atoms with Gasteiger partial charge in [0.05, 0.1) is 11.5 Å². The van der Waals surface area contributed by atoms with E-state index < -0.39 is 0 Å². The van der Waals surface area contributed by atoms with Crippen molar-refractivity contribution in [2.45, 2.75) is 13.5 Å². The fraction of sp³-hybridized carbons (Fsp3) is 0.214. The van der Waals surface area contributed by atoms with Crippen LogP contribution in [0.25, 0.3) is 0 Å². The van der Waals surface area contributed by atoms with Crippen molar-refractivity contribution in [3.8, 4) is 0 Å². The van der Waals surface area contributed by atoms with Gasteiger partial charge in [0.25, 0.3) is 0 Å². The third-order valence-corrected chi connectivity index (χ3v) is 3.87. The van der Waals surface area contributed by atoms with E-state index in [0.29, 0.717) is 11.6 Å². The molecule has 0 amide bonds. The highest BCUT2D eigenvalue weighted by molar-refractivity contribution is 7.14. The van der Waals surface area contributed by atoms with Gasteiger partial charge in [-0.25, -0.2) is 0 Å². The van der Waals surface area contributed by atoms with Crippen molar-refractivity contribution in [1.29, 1.82) is 0 Å². The number of benzene rings is 1. The van der Waals surface area contributed by atoms with Gasteiger partial charge in [0.2, 0.25) is 0 Å². The quantitative estimate of drug-likeness (QED) is 0.771. The van der Waals surface area contributed by atoms with Gasteiger partial charge in [-0.15, -0.1) is 11.3 Å². The summed E-state index contributed by atoms with van der Waals surface area (Å²) in [4.78, 5) is 13.7. The predicted molar refractivity (Wildman–Crippen MR) is 74.5 cm³/mol. The molecule has 0 radical (unpaired) electrons. The number of halogens is 1. The fourth-order valence-electron chi connectivity index (χ4n) is 1.52. The van der Waals surface area contributed by atoms with Crippen molar-refractivity contribution >= 4 is 28.7 Å². The van der Waals surface area contributed by atoms with Crippen LogP contribution in [0, 0.1) is 6.92 Å². The molecule has 0 unspecified atom stereocenters. The Labute approximate surface area is 115 Å². The van der Waals surface area contributed by atoms with Gasteiger partial charge in [-0.3, -0.25) is 4.79 Å². The van der Waals surface area contributed by atoms with Crippen LogP contribution >= 0.6 is 22.9 Å². The zero-order chi connectivity index (χ0) is 13.0. The molecule has 0 saturated heterocycles. The number of rotatable bonds is 5. The first kappa shape index (κ1) is 13.3. The maximum absolute atomic E-state index is 11.8. The molecule has 0 bridgehead atoms. The van der Waals surface area contributed by atoms with E-state index in [2.05, 4.69) is 0 Å². The van der Waals surface area contributed by atoms with E-state index in [0.717, 1.165) is 15.3 Å². The van der Waals surface area contributed by atoms with E-state index in [4.69, 9.17) is 16.3 Å². The van der Waals surface area contributed by atoms with E-state index in [1.54, 1.807) is 0 Å². The van der Waals surface area contributed by atoms with Gasteiger partial charge in [-0.2, -0.15) is 0 Å². The number of carbonyl (C=O) groups is 1. The summed E-state index contributed by atoms with van der Waals surface area (Å²) in [6, 6.07) is 11.2. The van der Waals surface area contributed by atoms with Crippen LogP contribution < -0.4 is 0 Å². The van der Waals surface area contributed by atoms with Gasteiger partial charge < -0.3 is 4.74 Å². The molecule has 2 rings (SSSR count). The van der Waals surface area contributed by atoms with Crippen molar-refractivity contribution in [2.24, 2.45) is 0 Å². The smallest absolute Gasteiger partial charge is 0.198 e. The molecule has 1 aromatic carbocycles. The normalized spacial score (nSPS) is 10.6. The van der Waals surface area contributed by atoms with Crippen molar-refractivity contribution < 1.29 is 9.53 Å². The average molecular weight is 281 g/mol. The molecular formula is C14H13ClO2S. The van der Waals surface area contributed by atoms with Crippen LogP contribution in [-0.4, -0.2) is 12.4 Å². The summed E-state index contributed by atoms with van der Waals surface area (Å²) in [6.07, 6.45) is 0. The molecule has 2 nitrogen and oxygen atoms in total. The molecule has 0 saturated carbocycles. The van der Waals surface area contributed by atoms with Gasteiger partial charge >= 0.3 is 0 Å². The number of hydrogen-bond donors (Lipinski definition) is 0. The summed E-state index contributed by atoms with van der Waals surface area (Å²) in [6.45, 7) is 2.42. The molecule has 0 fully saturated rings. The Balaban J connectivity index is 1.86. The summed E-state index contributed by atoms with van der Waals surface area (Å²) >= 11 is 7.49. The van der Waals surface area contributed by atoms with E-state index in [1.165, 1.54) is 11.3 Å². The standard InChI is InChI=1S/C14H13ClO2S/c1-10-6-7-14(18-10)13(16)9-17-8-11-4-2-3-5-12(11)15/h2-7H,8-9H2,1H3. The summed E-state index contributed by atoms with van der Waals surface area (Å²) in [5.41, 5.74) is 0.898. The summed E-state index contributed by atoms with van der Waals surface area (Å²) < 4.78 is 5.40. The molecule has 0 aliphatic carbocycles. The minimum Gasteiger partial charge on any atom is -0.369 e. The van der Waals surface area contributed by atoms with Gasteiger partial charge in [0.15, 0.2) is 5.78 Å². The maximum Gasteiger partial charge on any atom is 0.198 e. The summed E-state index contributed by atoms with van der Waals surface area (Å²) in [7, 11) is 0. The lowest BCUT2D eigenvalue weighted by molar-refractivity contribution is 0.0730. The van der Waals surface area contributed by atoms with E-state index in [-0.39, 0.29) is 12.4 Å². The van der Waals surface area contributed by atoms with Crippen LogP contribution in [-0.2, 0) is 11.3 Å². The van der Waals surface area contributed by atoms with Crippen LogP contribution in [0.4, 0.5) is 0 Å². The van der Waals surface area contributed by atoms with Crippen LogP contribution in [0.15, 0.2) is 36.4 Å². The van der Waals surface area contributed by atoms with Gasteiger partial charge in [-0.05, 0) is 30.7 Å². The lowest BCUT2D eigenvalue weighted by atomic mass is 10.2. The molecule has 0 spiro atoms.